The van der Waals surface area contributed by atoms with E-state index in [2.05, 4.69) is 4.98 Å². The zero-order valence-corrected chi connectivity index (χ0v) is 12.1. The third-order valence-electron chi connectivity index (χ3n) is 3.12. The highest BCUT2D eigenvalue weighted by atomic mass is 35.5. The molecule has 3 rings (SSSR count). The van der Waals surface area contributed by atoms with Crippen molar-refractivity contribution >= 4 is 40.0 Å². The van der Waals surface area contributed by atoms with Gasteiger partial charge in [0.1, 0.15) is 5.52 Å². The normalized spacial score (nSPS) is 11.1. The van der Waals surface area contributed by atoms with E-state index in [1.807, 2.05) is 24.3 Å². The van der Waals surface area contributed by atoms with Gasteiger partial charge in [0.2, 0.25) is 0 Å². The quantitative estimate of drug-likeness (QED) is 0.725. The van der Waals surface area contributed by atoms with E-state index in [0.29, 0.717) is 33.5 Å². The molecule has 20 heavy (non-hydrogen) atoms. The van der Waals surface area contributed by atoms with Crippen molar-refractivity contribution in [3.63, 3.8) is 0 Å². The summed E-state index contributed by atoms with van der Waals surface area (Å²) < 4.78 is 5.67. The molecule has 2 N–H and O–H groups in total. The first-order valence-electron chi connectivity index (χ1n) is 6.21. The van der Waals surface area contributed by atoms with Gasteiger partial charge >= 0.3 is 0 Å². The fraction of sp³-hybridized carbons (Fsp3) is 0.133. The van der Waals surface area contributed by atoms with E-state index in [1.54, 1.807) is 12.1 Å². The van der Waals surface area contributed by atoms with Gasteiger partial charge in [0.15, 0.2) is 11.5 Å². The topological polar surface area (TPSA) is 52.0 Å². The van der Waals surface area contributed by atoms with Crippen molar-refractivity contribution in [2.45, 2.75) is 12.8 Å². The van der Waals surface area contributed by atoms with Crippen molar-refractivity contribution in [3.8, 4) is 0 Å². The lowest BCUT2D eigenvalue weighted by molar-refractivity contribution is 0.528. The third kappa shape index (κ3) is 2.60. The van der Waals surface area contributed by atoms with Gasteiger partial charge in [-0.05, 0) is 30.2 Å². The number of hydrogen-bond acceptors (Lipinski definition) is 3. The van der Waals surface area contributed by atoms with Crippen LogP contribution in [-0.2, 0) is 12.8 Å². The van der Waals surface area contributed by atoms with Crippen molar-refractivity contribution in [1.82, 2.24) is 4.98 Å². The highest BCUT2D eigenvalue weighted by Gasteiger charge is 2.11. The number of anilines is 1. The highest BCUT2D eigenvalue weighted by Crippen LogP contribution is 2.28. The Kier molecular flexibility index (Phi) is 3.55. The number of nitrogens with two attached hydrogens (primary N) is 1. The summed E-state index contributed by atoms with van der Waals surface area (Å²) in [6.45, 7) is 0. The Hall–Kier alpha value is -1.71. The van der Waals surface area contributed by atoms with Crippen LogP contribution in [0.3, 0.4) is 0 Å². The van der Waals surface area contributed by atoms with Gasteiger partial charge in [-0.3, -0.25) is 0 Å². The Morgan fingerprint density at radius 2 is 1.90 bits per heavy atom. The molecule has 1 heterocycles. The van der Waals surface area contributed by atoms with Crippen molar-refractivity contribution in [2.24, 2.45) is 0 Å². The highest BCUT2D eigenvalue weighted by molar-refractivity contribution is 6.37. The van der Waals surface area contributed by atoms with Crippen LogP contribution in [0.5, 0.6) is 0 Å². The van der Waals surface area contributed by atoms with Crippen LogP contribution in [-0.4, -0.2) is 4.98 Å². The van der Waals surface area contributed by atoms with Crippen LogP contribution >= 0.6 is 23.2 Å². The number of halogens is 2. The van der Waals surface area contributed by atoms with Gasteiger partial charge in [-0.2, -0.15) is 0 Å². The van der Waals surface area contributed by atoms with Crippen molar-refractivity contribution in [1.29, 1.82) is 0 Å². The standard InChI is InChI=1S/C15H12Cl2N2O/c16-10-7-11(17)15-13(8-10)19-14(20-15)6-5-9-3-1-2-4-12(9)18/h1-4,7-8H,5-6,18H2. The van der Waals surface area contributed by atoms with Crippen LogP contribution in [0.4, 0.5) is 5.69 Å². The summed E-state index contributed by atoms with van der Waals surface area (Å²) in [5, 5.41) is 1.03. The minimum absolute atomic E-state index is 0.477. The lowest BCUT2D eigenvalue weighted by atomic mass is 10.1. The molecule has 0 radical (unpaired) electrons. The molecule has 102 valence electrons. The van der Waals surface area contributed by atoms with Crippen LogP contribution in [0.15, 0.2) is 40.8 Å². The summed E-state index contributed by atoms with van der Waals surface area (Å²) in [6.07, 6.45) is 1.43. The molecule has 0 saturated heterocycles. The Balaban J connectivity index is 1.85. The fourth-order valence-corrected chi connectivity index (χ4v) is 2.64. The molecule has 3 nitrogen and oxygen atoms in total. The van der Waals surface area contributed by atoms with E-state index in [-0.39, 0.29) is 0 Å². The van der Waals surface area contributed by atoms with E-state index in [4.69, 9.17) is 33.4 Å². The van der Waals surface area contributed by atoms with Gasteiger partial charge in [0.05, 0.1) is 5.02 Å². The first kappa shape index (κ1) is 13.3. The van der Waals surface area contributed by atoms with Crippen LogP contribution in [0, 0.1) is 0 Å². The summed E-state index contributed by atoms with van der Waals surface area (Å²) in [5.74, 6) is 0.632. The molecule has 0 unspecified atom stereocenters. The maximum absolute atomic E-state index is 6.08. The summed E-state index contributed by atoms with van der Waals surface area (Å²) in [4.78, 5) is 4.40. The number of aryl methyl sites for hydroxylation is 2. The predicted octanol–water partition coefficient (Wildman–Crippen LogP) is 4.50. The van der Waals surface area contributed by atoms with Crippen molar-refractivity contribution < 1.29 is 4.42 Å². The molecule has 0 aliphatic rings. The maximum Gasteiger partial charge on any atom is 0.195 e. The summed E-state index contributed by atoms with van der Waals surface area (Å²) in [5.41, 5.74) is 9.03. The maximum atomic E-state index is 6.08. The van der Waals surface area contributed by atoms with E-state index in [9.17, 15) is 0 Å². The van der Waals surface area contributed by atoms with Crippen molar-refractivity contribution in [3.05, 3.63) is 57.9 Å². The lowest BCUT2D eigenvalue weighted by Gasteiger charge is -2.02. The third-order valence-corrected chi connectivity index (χ3v) is 3.62. The Morgan fingerprint density at radius 1 is 1.10 bits per heavy atom. The van der Waals surface area contributed by atoms with Crippen LogP contribution in [0.25, 0.3) is 11.1 Å². The number of nitrogens with zero attached hydrogens (tertiary/aromatic N) is 1. The zero-order chi connectivity index (χ0) is 14.1. The van der Waals surface area contributed by atoms with Gasteiger partial charge in [-0.1, -0.05) is 41.4 Å². The van der Waals surface area contributed by atoms with Gasteiger partial charge in [-0.25, -0.2) is 4.98 Å². The Morgan fingerprint density at radius 3 is 2.70 bits per heavy atom. The van der Waals surface area contributed by atoms with Crippen LogP contribution in [0.1, 0.15) is 11.5 Å². The van der Waals surface area contributed by atoms with Gasteiger partial charge in [0, 0.05) is 17.1 Å². The molecule has 0 bridgehead atoms. The predicted molar refractivity (Wildman–Crippen MR) is 82.3 cm³/mol. The number of rotatable bonds is 3. The van der Waals surface area contributed by atoms with E-state index >= 15 is 0 Å². The minimum atomic E-state index is 0.477. The average Bonchev–Trinajstić information content (AvgIpc) is 2.81. The fourth-order valence-electron chi connectivity index (χ4n) is 2.12. The number of fused-ring (bicyclic) bond motifs is 1. The number of aromatic nitrogens is 1. The van der Waals surface area contributed by atoms with E-state index < -0.39 is 0 Å². The largest absolute Gasteiger partial charge is 0.439 e. The SMILES string of the molecule is Nc1ccccc1CCc1nc2cc(Cl)cc(Cl)c2o1. The van der Waals surface area contributed by atoms with E-state index in [1.165, 1.54) is 0 Å². The molecule has 0 amide bonds. The first-order valence-corrected chi connectivity index (χ1v) is 6.97. The number of hydrogen-bond donors (Lipinski definition) is 1. The Bertz CT molecular complexity index is 768. The average molecular weight is 307 g/mol. The second-order valence-electron chi connectivity index (χ2n) is 4.54. The molecule has 0 saturated carbocycles. The smallest absolute Gasteiger partial charge is 0.195 e. The summed E-state index contributed by atoms with van der Waals surface area (Å²) >= 11 is 12.0. The second-order valence-corrected chi connectivity index (χ2v) is 5.39. The molecule has 0 spiro atoms. The monoisotopic (exact) mass is 306 g/mol. The lowest BCUT2D eigenvalue weighted by Crippen LogP contribution is -1.96. The number of oxazole rings is 1. The van der Waals surface area contributed by atoms with Gasteiger partial charge in [-0.15, -0.1) is 0 Å². The molecule has 3 aromatic rings. The number of benzene rings is 2. The van der Waals surface area contributed by atoms with Crippen molar-refractivity contribution in [2.75, 3.05) is 5.73 Å². The zero-order valence-electron chi connectivity index (χ0n) is 10.6. The molecule has 5 heteroatoms. The first-order chi connectivity index (χ1) is 9.63. The minimum Gasteiger partial charge on any atom is -0.439 e. The molecule has 1 aromatic heterocycles. The van der Waals surface area contributed by atoms with Crippen LogP contribution < -0.4 is 5.73 Å². The number of nitrogen functional groups attached to an aromatic ring is 1. The molecule has 0 atom stereocenters. The second kappa shape index (κ2) is 5.35. The number of para-hydroxylation sites is 1. The van der Waals surface area contributed by atoms with E-state index in [0.717, 1.165) is 17.7 Å². The summed E-state index contributed by atoms with van der Waals surface area (Å²) in [7, 11) is 0. The molecule has 0 aliphatic heterocycles. The summed E-state index contributed by atoms with van der Waals surface area (Å²) in [6, 6.07) is 11.2. The molecular formula is C15H12Cl2N2O. The van der Waals surface area contributed by atoms with Gasteiger partial charge < -0.3 is 10.2 Å². The molecule has 0 aliphatic carbocycles. The van der Waals surface area contributed by atoms with Crippen LogP contribution in [0.2, 0.25) is 10.0 Å². The van der Waals surface area contributed by atoms with Gasteiger partial charge in [0.25, 0.3) is 0 Å². The molecule has 0 fully saturated rings. The molecule has 2 aromatic carbocycles. The molecular weight excluding hydrogens is 295 g/mol. The Labute approximate surface area is 126 Å².